The first kappa shape index (κ1) is 21.0. The van der Waals surface area contributed by atoms with E-state index in [1.165, 1.54) is 28.3 Å². The number of thiophene rings is 1. The molecule has 0 aliphatic heterocycles. The molecule has 1 atom stereocenters. The van der Waals surface area contributed by atoms with Crippen molar-refractivity contribution >= 4 is 27.9 Å². The lowest BCUT2D eigenvalue weighted by Gasteiger charge is -2.36. The van der Waals surface area contributed by atoms with Crippen LogP contribution in [0.2, 0.25) is 0 Å². The summed E-state index contributed by atoms with van der Waals surface area (Å²) >= 11 is 1.47. The summed E-state index contributed by atoms with van der Waals surface area (Å²) < 4.78 is 0. The maximum absolute atomic E-state index is 12.8. The van der Waals surface area contributed by atoms with E-state index in [9.17, 15) is 20.2 Å². The molecule has 1 aromatic heterocycles. The molecule has 1 aliphatic rings. The average molecular weight is 412 g/mol. The molecule has 1 amide bonds. The molecule has 6 nitrogen and oxygen atoms in total. The van der Waals surface area contributed by atoms with Gasteiger partial charge in [-0.25, -0.2) is 0 Å². The Balaban J connectivity index is 1.90. The summed E-state index contributed by atoms with van der Waals surface area (Å²) in [5.41, 5.74) is 2.30. The third kappa shape index (κ3) is 3.90. The zero-order chi connectivity index (χ0) is 21.3. The van der Waals surface area contributed by atoms with E-state index in [4.69, 9.17) is 0 Å². The van der Waals surface area contributed by atoms with Gasteiger partial charge in [0.15, 0.2) is 0 Å². The first-order valence-corrected chi connectivity index (χ1v) is 10.6. The fourth-order valence-electron chi connectivity index (χ4n) is 3.99. The van der Waals surface area contributed by atoms with Gasteiger partial charge >= 0.3 is 0 Å². The Morgan fingerprint density at radius 3 is 2.79 bits per heavy atom. The van der Waals surface area contributed by atoms with Crippen molar-refractivity contribution in [3.8, 4) is 6.07 Å². The van der Waals surface area contributed by atoms with E-state index in [0.29, 0.717) is 22.0 Å². The van der Waals surface area contributed by atoms with Crippen molar-refractivity contribution in [2.75, 3.05) is 5.32 Å². The van der Waals surface area contributed by atoms with Crippen LogP contribution in [0.4, 0.5) is 10.7 Å². The van der Waals surface area contributed by atoms with E-state index in [1.807, 2.05) is 0 Å². The molecule has 0 saturated carbocycles. The van der Waals surface area contributed by atoms with E-state index in [1.54, 1.807) is 13.0 Å². The summed E-state index contributed by atoms with van der Waals surface area (Å²) in [5, 5.41) is 24.3. The number of hydrogen-bond donors (Lipinski definition) is 1. The fourth-order valence-corrected chi connectivity index (χ4v) is 5.26. The van der Waals surface area contributed by atoms with E-state index in [2.05, 4.69) is 32.2 Å². The molecule has 29 heavy (non-hydrogen) atoms. The number of nitro benzene ring substituents is 1. The van der Waals surface area contributed by atoms with E-state index < -0.39 is 10.8 Å². The van der Waals surface area contributed by atoms with Crippen molar-refractivity contribution in [1.82, 2.24) is 0 Å². The normalized spacial score (nSPS) is 16.0. The predicted octanol–water partition coefficient (Wildman–Crippen LogP) is 5.63. The number of carbonyl (C=O) groups excluding carboxylic acids is 1. The molecule has 1 aromatic carbocycles. The third-order valence-electron chi connectivity index (χ3n) is 6.37. The number of nitriles is 1. The lowest BCUT2D eigenvalue weighted by molar-refractivity contribution is -0.385. The quantitative estimate of drug-likeness (QED) is 0.509. The van der Waals surface area contributed by atoms with E-state index in [0.717, 1.165) is 31.2 Å². The van der Waals surface area contributed by atoms with Gasteiger partial charge in [-0.3, -0.25) is 14.9 Å². The second-order valence-electron chi connectivity index (χ2n) is 8.26. The number of nitro groups is 1. The molecule has 2 aromatic rings. The van der Waals surface area contributed by atoms with Gasteiger partial charge in [0.1, 0.15) is 11.1 Å². The van der Waals surface area contributed by atoms with Gasteiger partial charge in [-0.2, -0.15) is 5.26 Å². The van der Waals surface area contributed by atoms with Crippen molar-refractivity contribution < 1.29 is 9.72 Å². The zero-order valence-corrected chi connectivity index (χ0v) is 18.0. The molecule has 0 spiro atoms. The summed E-state index contributed by atoms with van der Waals surface area (Å²) in [6.07, 6.45) is 3.89. The second kappa shape index (κ2) is 7.96. The highest BCUT2D eigenvalue weighted by Crippen LogP contribution is 2.45. The number of carbonyl (C=O) groups is 1. The largest absolute Gasteiger partial charge is 0.312 e. The van der Waals surface area contributed by atoms with Crippen LogP contribution in [0.1, 0.15) is 65.5 Å². The van der Waals surface area contributed by atoms with Crippen molar-refractivity contribution in [2.24, 2.45) is 11.3 Å². The van der Waals surface area contributed by atoms with Crippen molar-refractivity contribution in [1.29, 1.82) is 5.26 Å². The van der Waals surface area contributed by atoms with E-state index >= 15 is 0 Å². The van der Waals surface area contributed by atoms with Crippen LogP contribution in [0.15, 0.2) is 18.2 Å². The number of fused-ring (bicyclic) bond motifs is 1. The van der Waals surface area contributed by atoms with Gasteiger partial charge in [-0.05, 0) is 49.1 Å². The molecule has 0 saturated heterocycles. The van der Waals surface area contributed by atoms with Crippen LogP contribution in [0.25, 0.3) is 0 Å². The average Bonchev–Trinajstić information content (AvgIpc) is 3.03. The Labute approximate surface area is 174 Å². The summed E-state index contributed by atoms with van der Waals surface area (Å²) in [6.45, 7) is 8.34. The molecule has 0 fully saturated rings. The molecule has 0 radical (unpaired) electrons. The molecule has 152 valence electrons. The highest BCUT2D eigenvalue weighted by molar-refractivity contribution is 7.16. The fraction of sp³-hybridized carbons (Fsp3) is 0.455. The highest BCUT2D eigenvalue weighted by Gasteiger charge is 2.34. The number of nitrogens with zero attached hydrogens (tertiary/aromatic N) is 2. The number of hydrogen-bond acceptors (Lipinski definition) is 5. The predicted molar refractivity (Wildman–Crippen MR) is 114 cm³/mol. The Bertz CT molecular complexity index is 1020. The minimum Gasteiger partial charge on any atom is -0.312 e. The molecular formula is C22H25N3O3S. The summed E-state index contributed by atoms with van der Waals surface area (Å²) in [5.74, 6) is 0.125. The number of amides is 1. The maximum atomic E-state index is 12.8. The SMILES string of the molecule is CCC(C)(C)[C@@H]1CCc2c(sc(NC(=O)c3cccc([N+](=O)[O-])c3C)c2C#N)C1. The first-order valence-electron chi connectivity index (χ1n) is 9.79. The molecule has 1 heterocycles. The molecule has 1 N–H and O–H groups in total. The van der Waals surface area contributed by atoms with Gasteiger partial charge in [-0.15, -0.1) is 11.3 Å². The molecule has 1 aliphatic carbocycles. The lowest BCUT2D eigenvalue weighted by atomic mass is 9.69. The van der Waals surface area contributed by atoms with Crippen LogP contribution in [0, 0.1) is 39.7 Å². The smallest absolute Gasteiger partial charge is 0.273 e. The van der Waals surface area contributed by atoms with Crippen molar-refractivity contribution in [3.05, 3.63) is 55.4 Å². The number of rotatable bonds is 5. The van der Waals surface area contributed by atoms with Crippen molar-refractivity contribution in [2.45, 2.75) is 53.4 Å². The van der Waals surface area contributed by atoms with Crippen LogP contribution in [0.3, 0.4) is 0 Å². The minimum absolute atomic E-state index is 0.0896. The van der Waals surface area contributed by atoms with Crippen LogP contribution in [-0.4, -0.2) is 10.8 Å². The van der Waals surface area contributed by atoms with Crippen molar-refractivity contribution in [3.63, 3.8) is 0 Å². The summed E-state index contributed by atoms with van der Waals surface area (Å²) in [6, 6.07) is 6.71. The number of benzene rings is 1. The molecule has 0 bridgehead atoms. The number of nitrogens with one attached hydrogen (secondary N) is 1. The van der Waals surface area contributed by atoms with Crippen LogP contribution in [-0.2, 0) is 12.8 Å². The van der Waals surface area contributed by atoms with Crippen LogP contribution < -0.4 is 5.32 Å². The van der Waals surface area contributed by atoms with Gasteiger partial charge in [0, 0.05) is 22.1 Å². The lowest BCUT2D eigenvalue weighted by Crippen LogP contribution is -2.28. The molecular weight excluding hydrogens is 386 g/mol. The van der Waals surface area contributed by atoms with E-state index in [-0.39, 0.29) is 16.7 Å². The van der Waals surface area contributed by atoms with Crippen LogP contribution >= 0.6 is 11.3 Å². The standard InChI is InChI=1S/C22H25N3O3S/c1-5-22(3,4)14-9-10-16-17(12-23)21(29-19(16)11-14)24-20(26)15-7-6-8-18(13(15)2)25(27)28/h6-8,14H,5,9-11H2,1-4H3,(H,24,26)/t14-/m1/s1. The summed E-state index contributed by atoms with van der Waals surface area (Å²) in [4.78, 5) is 24.7. The Morgan fingerprint density at radius 1 is 1.45 bits per heavy atom. The monoisotopic (exact) mass is 411 g/mol. The third-order valence-corrected chi connectivity index (χ3v) is 7.54. The molecule has 3 rings (SSSR count). The minimum atomic E-state index is -0.494. The summed E-state index contributed by atoms with van der Waals surface area (Å²) in [7, 11) is 0. The molecule has 7 heteroatoms. The van der Waals surface area contributed by atoms with Gasteiger partial charge in [0.2, 0.25) is 0 Å². The zero-order valence-electron chi connectivity index (χ0n) is 17.2. The maximum Gasteiger partial charge on any atom is 0.273 e. The van der Waals surface area contributed by atoms with Gasteiger partial charge in [0.05, 0.1) is 10.5 Å². The Kier molecular flexibility index (Phi) is 5.76. The van der Waals surface area contributed by atoms with Gasteiger partial charge < -0.3 is 5.32 Å². The Morgan fingerprint density at radius 2 is 2.17 bits per heavy atom. The van der Waals surface area contributed by atoms with Gasteiger partial charge in [-0.1, -0.05) is 33.3 Å². The second-order valence-corrected chi connectivity index (χ2v) is 9.37. The number of anilines is 1. The highest BCUT2D eigenvalue weighted by atomic mass is 32.1. The Hall–Kier alpha value is -2.72. The van der Waals surface area contributed by atoms with Crippen LogP contribution in [0.5, 0.6) is 0 Å². The topological polar surface area (TPSA) is 96.0 Å². The van der Waals surface area contributed by atoms with Gasteiger partial charge in [0.25, 0.3) is 11.6 Å². The first-order chi connectivity index (χ1) is 13.7. The molecule has 0 unspecified atom stereocenters.